The minimum atomic E-state index is -1.15. The zero-order valence-electron chi connectivity index (χ0n) is 24.6. The maximum atomic E-state index is 13.3. The summed E-state index contributed by atoms with van der Waals surface area (Å²) >= 11 is 0. The number of anilines is 2. The van der Waals surface area contributed by atoms with Gasteiger partial charge in [-0.15, -0.1) is 0 Å². The Kier molecular flexibility index (Phi) is 5.65. The number of ether oxygens (including phenoxy) is 2. The van der Waals surface area contributed by atoms with Crippen LogP contribution in [0.2, 0.25) is 0 Å². The third-order valence-electron chi connectivity index (χ3n) is 11.7. The zero-order valence-corrected chi connectivity index (χ0v) is 24.6. The van der Waals surface area contributed by atoms with Crippen LogP contribution in [0.25, 0.3) is 0 Å². The van der Waals surface area contributed by atoms with Crippen LogP contribution >= 0.6 is 0 Å². The monoisotopic (exact) mass is 558 g/mol. The summed E-state index contributed by atoms with van der Waals surface area (Å²) in [6, 6.07) is 15.3. The molecule has 4 bridgehead atoms. The van der Waals surface area contributed by atoms with Gasteiger partial charge >= 0.3 is 11.9 Å². The summed E-state index contributed by atoms with van der Waals surface area (Å²) in [5.74, 6) is -1.14. The summed E-state index contributed by atoms with van der Waals surface area (Å²) < 4.78 is 11.4. The Morgan fingerprint density at radius 3 is 1.22 bits per heavy atom. The molecule has 4 aliphatic rings. The molecule has 6 rings (SSSR count). The summed E-state index contributed by atoms with van der Waals surface area (Å²) in [6.07, 6.45) is 2.99. The first-order valence-electron chi connectivity index (χ1n) is 14.4. The molecule has 2 saturated carbocycles. The van der Waals surface area contributed by atoms with Gasteiger partial charge in [0, 0.05) is 22.2 Å². The van der Waals surface area contributed by atoms with Gasteiger partial charge in [0.1, 0.15) is 0 Å². The van der Waals surface area contributed by atoms with Gasteiger partial charge in [-0.05, 0) is 81.3 Å². The molecule has 4 fully saturated rings. The second-order valence-electron chi connectivity index (χ2n) is 13.8. The Bertz CT molecular complexity index is 1370. The molecule has 8 heteroatoms. The Morgan fingerprint density at radius 2 is 0.951 bits per heavy atom. The normalized spacial score (nSPS) is 33.8. The lowest BCUT2D eigenvalue weighted by atomic mass is 9.66. The molecule has 0 radical (unpaired) electrons. The van der Waals surface area contributed by atoms with Gasteiger partial charge in [0.2, 0.25) is 0 Å². The van der Waals surface area contributed by atoms with Gasteiger partial charge in [-0.3, -0.25) is 19.2 Å². The fraction of sp³-hybridized carbons (Fsp3) is 0.515. The van der Waals surface area contributed by atoms with Crippen LogP contribution in [0.1, 0.15) is 78.4 Å². The molecule has 41 heavy (non-hydrogen) atoms. The Morgan fingerprint density at radius 1 is 0.610 bits per heavy atom. The first-order valence-corrected chi connectivity index (χ1v) is 14.4. The highest BCUT2D eigenvalue weighted by molar-refractivity contribution is 6.04. The third-order valence-corrected chi connectivity index (χ3v) is 11.7. The van der Waals surface area contributed by atoms with Crippen LogP contribution in [0.3, 0.4) is 0 Å². The van der Waals surface area contributed by atoms with Crippen molar-refractivity contribution in [3.8, 4) is 0 Å². The molecule has 2 aliphatic carbocycles. The summed E-state index contributed by atoms with van der Waals surface area (Å²) in [5, 5.41) is 5.94. The van der Waals surface area contributed by atoms with E-state index in [0.717, 1.165) is 11.1 Å². The van der Waals surface area contributed by atoms with Crippen LogP contribution in [-0.4, -0.2) is 35.0 Å². The van der Waals surface area contributed by atoms with Crippen molar-refractivity contribution in [3.05, 3.63) is 59.7 Å². The average molecular weight is 559 g/mol. The third kappa shape index (κ3) is 3.39. The van der Waals surface area contributed by atoms with E-state index in [1.165, 1.54) is 0 Å². The van der Waals surface area contributed by atoms with Crippen LogP contribution in [0.15, 0.2) is 48.5 Å². The lowest BCUT2D eigenvalue weighted by Crippen LogP contribution is -2.50. The van der Waals surface area contributed by atoms with Gasteiger partial charge in [-0.25, -0.2) is 0 Å². The first-order chi connectivity index (χ1) is 19.1. The van der Waals surface area contributed by atoms with Gasteiger partial charge < -0.3 is 20.1 Å². The number of amides is 2. The molecule has 2 amide bonds. The lowest BCUT2D eigenvalue weighted by Gasteiger charge is -2.35. The number of carbonyl (C=O) groups is 4. The molecule has 2 saturated heterocycles. The van der Waals surface area contributed by atoms with Crippen molar-refractivity contribution in [2.45, 2.75) is 84.8 Å². The summed E-state index contributed by atoms with van der Waals surface area (Å²) in [4.78, 5) is 51.7. The van der Waals surface area contributed by atoms with Gasteiger partial charge in [0.25, 0.3) is 11.8 Å². The molecule has 2 aliphatic heterocycles. The molecule has 4 atom stereocenters. The van der Waals surface area contributed by atoms with E-state index < -0.39 is 32.9 Å². The van der Waals surface area contributed by atoms with Gasteiger partial charge in [-0.1, -0.05) is 52.0 Å². The number of hydrogen-bond acceptors (Lipinski definition) is 6. The molecule has 2 aromatic rings. The molecule has 2 aromatic carbocycles. The van der Waals surface area contributed by atoms with Crippen molar-refractivity contribution < 1.29 is 28.7 Å². The maximum Gasteiger partial charge on any atom is 0.313 e. The first kappa shape index (κ1) is 27.5. The number of fused-ring (bicyclic) bond motifs is 4. The lowest BCUT2D eigenvalue weighted by molar-refractivity contribution is -0.166. The minimum Gasteiger partial charge on any atom is -0.448 e. The van der Waals surface area contributed by atoms with Crippen LogP contribution < -0.4 is 10.6 Å². The predicted molar refractivity (Wildman–Crippen MR) is 153 cm³/mol. The Labute approximate surface area is 240 Å². The number of rotatable bonds is 6. The topological polar surface area (TPSA) is 111 Å². The van der Waals surface area contributed by atoms with Crippen molar-refractivity contribution in [2.24, 2.45) is 21.7 Å². The number of hydrogen-bond donors (Lipinski definition) is 2. The molecule has 0 unspecified atom stereocenters. The van der Waals surface area contributed by atoms with E-state index in [1.807, 2.05) is 90.1 Å². The zero-order chi connectivity index (χ0) is 29.6. The van der Waals surface area contributed by atoms with Gasteiger partial charge in [-0.2, -0.15) is 0 Å². The van der Waals surface area contributed by atoms with Crippen molar-refractivity contribution >= 4 is 35.1 Å². The number of benzene rings is 2. The van der Waals surface area contributed by atoms with Crippen molar-refractivity contribution in [3.63, 3.8) is 0 Å². The highest BCUT2D eigenvalue weighted by Crippen LogP contribution is 2.66. The Balaban J connectivity index is 1.08. The molecule has 0 spiro atoms. The van der Waals surface area contributed by atoms with Gasteiger partial charge in [0.05, 0.1) is 10.8 Å². The summed E-state index contributed by atoms with van der Waals surface area (Å²) in [5.41, 5.74) is -1.38. The molecular formula is C33H38N2O6. The highest BCUT2D eigenvalue weighted by atomic mass is 16.6. The van der Waals surface area contributed by atoms with E-state index in [0.29, 0.717) is 43.5 Å². The van der Waals surface area contributed by atoms with Crippen LogP contribution in [0, 0.1) is 21.7 Å². The second kappa shape index (κ2) is 8.43. The SMILES string of the molecule is CC1(C)[C@]2(C)CC[C@]1(C(=O)Nc1ccc(Cc3ccc(NC(=O)[C@@]45CC[C@](C)(C(=O)O4)C5(C)C)cc3)cc1)OC2=O. The average Bonchev–Trinajstić information content (AvgIpc) is 3.39. The number of carbonyl (C=O) groups excluding carboxylic acids is 4. The highest BCUT2D eigenvalue weighted by Gasteiger charge is 2.76. The summed E-state index contributed by atoms with van der Waals surface area (Å²) in [6.45, 7) is 11.6. The second-order valence-corrected chi connectivity index (χ2v) is 13.8. The largest absolute Gasteiger partial charge is 0.448 e. The van der Waals surface area contributed by atoms with Crippen LogP contribution in [0.5, 0.6) is 0 Å². The van der Waals surface area contributed by atoms with Crippen LogP contribution in [0.4, 0.5) is 11.4 Å². The molecule has 8 nitrogen and oxygen atoms in total. The van der Waals surface area contributed by atoms with E-state index in [2.05, 4.69) is 10.6 Å². The maximum absolute atomic E-state index is 13.3. The van der Waals surface area contributed by atoms with E-state index in [9.17, 15) is 19.2 Å². The molecule has 0 aromatic heterocycles. The molecular weight excluding hydrogens is 520 g/mol. The standard InChI is InChI=1S/C33H38N2O6/c1-28(2)30(5)15-17-32(28,40-26(30)38)24(36)34-22-11-7-20(8-12-22)19-21-9-13-23(14-10-21)35-25(37)33-18-16-31(6,27(39)41-33)29(33,3)4/h7-14H,15-19H2,1-6H3,(H,34,36)(H,35,37)/t30-,31-,32-,33-/m1/s1. The quantitative estimate of drug-likeness (QED) is 0.460. The summed E-state index contributed by atoms with van der Waals surface area (Å²) in [7, 11) is 0. The van der Waals surface area contributed by atoms with Gasteiger partial charge in [0.15, 0.2) is 11.2 Å². The predicted octanol–water partition coefficient (Wildman–Crippen LogP) is 5.40. The molecule has 2 N–H and O–H groups in total. The Hall–Kier alpha value is -3.68. The molecule has 216 valence electrons. The van der Waals surface area contributed by atoms with Crippen molar-refractivity contribution in [2.75, 3.05) is 10.6 Å². The smallest absolute Gasteiger partial charge is 0.313 e. The molecule has 2 heterocycles. The van der Waals surface area contributed by atoms with Crippen molar-refractivity contribution in [1.82, 2.24) is 0 Å². The minimum absolute atomic E-state index is 0.278. The number of esters is 2. The van der Waals surface area contributed by atoms with E-state index in [1.54, 1.807) is 0 Å². The van der Waals surface area contributed by atoms with Crippen LogP contribution in [-0.2, 0) is 35.1 Å². The number of nitrogens with one attached hydrogen (secondary N) is 2. The fourth-order valence-electron chi connectivity index (χ4n) is 7.61. The van der Waals surface area contributed by atoms with E-state index in [-0.39, 0.29) is 23.8 Å². The fourth-order valence-corrected chi connectivity index (χ4v) is 7.61. The van der Waals surface area contributed by atoms with Crippen molar-refractivity contribution in [1.29, 1.82) is 0 Å². The van der Waals surface area contributed by atoms with E-state index >= 15 is 0 Å². The van der Waals surface area contributed by atoms with E-state index in [4.69, 9.17) is 9.47 Å².